The first-order chi connectivity index (χ1) is 13.6. The van der Waals surface area contributed by atoms with Crippen molar-refractivity contribution >= 4 is 34.9 Å². The zero-order chi connectivity index (χ0) is 19.9. The van der Waals surface area contributed by atoms with Gasteiger partial charge >= 0.3 is 11.9 Å². The molecule has 0 fully saturated rings. The molecule has 0 aliphatic heterocycles. The fourth-order valence-electron chi connectivity index (χ4n) is 2.39. The van der Waals surface area contributed by atoms with Gasteiger partial charge in [0.15, 0.2) is 6.61 Å². The largest absolute Gasteiger partial charge is 0.465 e. The van der Waals surface area contributed by atoms with Gasteiger partial charge in [0, 0.05) is 12.4 Å². The Kier molecular flexibility index (Phi) is 6.18. The fourth-order valence-corrected chi connectivity index (χ4v) is 3.15. The van der Waals surface area contributed by atoms with Gasteiger partial charge in [-0.05, 0) is 35.2 Å². The highest BCUT2D eigenvalue weighted by Gasteiger charge is 2.16. The van der Waals surface area contributed by atoms with E-state index >= 15 is 0 Å². The summed E-state index contributed by atoms with van der Waals surface area (Å²) in [6.45, 7) is 0.123. The van der Waals surface area contributed by atoms with Crippen LogP contribution in [0.5, 0.6) is 0 Å². The molecule has 0 atom stereocenters. The quantitative estimate of drug-likeness (QED) is 0.613. The van der Waals surface area contributed by atoms with Crippen molar-refractivity contribution in [3.05, 3.63) is 70.2 Å². The highest BCUT2D eigenvalue weighted by Crippen LogP contribution is 2.23. The fraction of sp³-hybridized carbons (Fsp3) is 0.158. The molecule has 0 spiro atoms. The van der Waals surface area contributed by atoms with Gasteiger partial charge in [0.05, 0.1) is 24.9 Å². The van der Waals surface area contributed by atoms with Gasteiger partial charge in [0.1, 0.15) is 4.88 Å². The average Bonchev–Trinajstić information content (AvgIpc) is 3.38. The van der Waals surface area contributed by atoms with Gasteiger partial charge in [-0.2, -0.15) is 5.10 Å². The summed E-state index contributed by atoms with van der Waals surface area (Å²) in [5.41, 5.74) is 1.63. The van der Waals surface area contributed by atoms with E-state index in [1.54, 1.807) is 46.6 Å². The topological polar surface area (TPSA) is 99.5 Å². The number of carbonyl (C=O) groups is 3. The second-order valence-electron chi connectivity index (χ2n) is 5.68. The summed E-state index contributed by atoms with van der Waals surface area (Å²) in [5.74, 6) is -1.70. The van der Waals surface area contributed by atoms with E-state index in [1.165, 1.54) is 7.11 Å². The highest BCUT2D eigenvalue weighted by molar-refractivity contribution is 7.12. The molecule has 3 aromatic rings. The van der Waals surface area contributed by atoms with Crippen LogP contribution in [-0.4, -0.2) is 41.3 Å². The summed E-state index contributed by atoms with van der Waals surface area (Å²) < 4.78 is 11.4. The van der Waals surface area contributed by atoms with Crippen LogP contribution in [0.1, 0.15) is 25.6 Å². The van der Waals surface area contributed by atoms with Gasteiger partial charge in [-0.3, -0.25) is 9.48 Å². The number of nitrogens with one attached hydrogen (secondary N) is 1. The first-order valence-electron chi connectivity index (χ1n) is 8.26. The molecule has 0 saturated carbocycles. The number of anilines is 1. The molecule has 9 heteroatoms. The summed E-state index contributed by atoms with van der Waals surface area (Å²) in [6.07, 6.45) is 3.54. The molecule has 0 radical (unpaired) electrons. The van der Waals surface area contributed by atoms with Crippen LogP contribution in [0, 0.1) is 0 Å². The molecule has 2 heterocycles. The third-order valence-corrected chi connectivity index (χ3v) is 4.63. The Bertz CT molecular complexity index is 964. The molecule has 8 nitrogen and oxygen atoms in total. The molecule has 1 N–H and O–H groups in total. The lowest BCUT2D eigenvalue weighted by atomic mass is 10.1. The number of nitrogens with zero attached hydrogens (tertiary/aromatic N) is 2. The van der Waals surface area contributed by atoms with Crippen molar-refractivity contribution in [1.29, 1.82) is 0 Å². The number of hydrogen-bond donors (Lipinski definition) is 1. The number of ether oxygens (including phenoxy) is 2. The molecule has 0 unspecified atom stereocenters. The number of amides is 1. The molecule has 0 aliphatic carbocycles. The van der Waals surface area contributed by atoms with Gasteiger partial charge in [-0.25, -0.2) is 9.59 Å². The van der Waals surface area contributed by atoms with Gasteiger partial charge in [-0.1, -0.05) is 12.1 Å². The predicted octanol–water partition coefficient (Wildman–Crippen LogP) is 2.58. The van der Waals surface area contributed by atoms with Crippen LogP contribution in [0.15, 0.2) is 54.2 Å². The molecule has 1 amide bonds. The molecule has 2 aromatic heterocycles. The van der Waals surface area contributed by atoms with Crippen LogP contribution in [-0.2, 0) is 20.8 Å². The Balaban J connectivity index is 1.51. The lowest BCUT2D eigenvalue weighted by Gasteiger charge is -2.07. The SMILES string of the molecule is COC(=O)c1sccc1NC(=O)COC(=O)c1ccc(Cn2cccn2)cc1. The van der Waals surface area contributed by atoms with Gasteiger partial charge in [-0.15, -0.1) is 11.3 Å². The number of methoxy groups -OCH3 is 1. The van der Waals surface area contributed by atoms with Crippen LogP contribution in [0.4, 0.5) is 5.69 Å². The third-order valence-electron chi connectivity index (χ3n) is 3.74. The molecule has 0 saturated heterocycles. The van der Waals surface area contributed by atoms with Crippen molar-refractivity contribution in [2.75, 3.05) is 19.0 Å². The van der Waals surface area contributed by atoms with E-state index in [0.717, 1.165) is 16.9 Å². The normalized spacial score (nSPS) is 10.3. The minimum Gasteiger partial charge on any atom is -0.465 e. The average molecular weight is 399 g/mol. The number of thiophene rings is 1. The minimum atomic E-state index is -0.612. The van der Waals surface area contributed by atoms with E-state index in [2.05, 4.69) is 15.2 Å². The van der Waals surface area contributed by atoms with Crippen LogP contribution < -0.4 is 5.32 Å². The van der Waals surface area contributed by atoms with E-state index in [0.29, 0.717) is 17.8 Å². The third kappa shape index (κ3) is 4.83. The maximum Gasteiger partial charge on any atom is 0.350 e. The van der Waals surface area contributed by atoms with Crippen LogP contribution in [0.25, 0.3) is 0 Å². The van der Waals surface area contributed by atoms with E-state index in [1.807, 2.05) is 12.3 Å². The number of aromatic nitrogens is 2. The Hall–Kier alpha value is -3.46. The molecular formula is C19H17N3O5S. The standard InChI is InChI=1S/C19H17N3O5S/c1-26-19(25)17-15(7-10-28-17)21-16(23)12-27-18(24)14-5-3-13(4-6-14)11-22-9-2-8-20-22/h2-10H,11-12H2,1H3,(H,21,23). The number of carbonyl (C=O) groups excluding carboxylic acids is 3. The molecule has 28 heavy (non-hydrogen) atoms. The number of rotatable bonds is 7. The van der Waals surface area contributed by atoms with E-state index < -0.39 is 24.5 Å². The van der Waals surface area contributed by atoms with Crippen molar-refractivity contribution in [2.45, 2.75) is 6.54 Å². The van der Waals surface area contributed by atoms with Crippen molar-refractivity contribution in [2.24, 2.45) is 0 Å². The van der Waals surface area contributed by atoms with Gasteiger partial charge in [0.25, 0.3) is 5.91 Å². The zero-order valence-electron chi connectivity index (χ0n) is 15.0. The minimum absolute atomic E-state index is 0.273. The smallest absolute Gasteiger partial charge is 0.350 e. The van der Waals surface area contributed by atoms with Gasteiger partial charge < -0.3 is 14.8 Å². The maximum absolute atomic E-state index is 12.1. The number of hydrogen-bond acceptors (Lipinski definition) is 7. The van der Waals surface area contributed by atoms with Crippen molar-refractivity contribution in [3.63, 3.8) is 0 Å². The number of esters is 2. The molecule has 0 bridgehead atoms. The van der Waals surface area contributed by atoms with Crippen molar-refractivity contribution in [1.82, 2.24) is 9.78 Å². The molecular weight excluding hydrogens is 382 g/mol. The predicted molar refractivity (Wildman–Crippen MR) is 102 cm³/mol. The van der Waals surface area contributed by atoms with Crippen LogP contribution in [0.2, 0.25) is 0 Å². The van der Waals surface area contributed by atoms with Crippen molar-refractivity contribution < 1.29 is 23.9 Å². The first-order valence-corrected chi connectivity index (χ1v) is 9.14. The van der Waals surface area contributed by atoms with E-state index in [-0.39, 0.29) is 4.88 Å². The molecule has 144 valence electrons. The first kappa shape index (κ1) is 19.3. The summed E-state index contributed by atoms with van der Waals surface area (Å²) in [6, 6.07) is 10.3. The van der Waals surface area contributed by atoms with E-state index in [9.17, 15) is 14.4 Å². The maximum atomic E-state index is 12.1. The van der Waals surface area contributed by atoms with Crippen LogP contribution in [0.3, 0.4) is 0 Å². The lowest BCUT2D eigenvalue weighted by Crippen LogP contribution is -2.21. The van der Waals surface area contributed by atoms with Crippen LogP contribution >= 0.6 is 11.3 Å². The van der Waals surface area contributed by atoms with Gasteiger partial charge in [0.2, 0.25) is 0 Å². The van der Waals surface area contributed by atoms with E-state index in [4.69, 9.17) is 4.74 Å². The Labute approximate surface area is 164 Å². The molecule has 1 aromatic carbocycles. The summed E-state index contributed by atoms with van der Waals surface area (Å²) in [4.78, 5) is 36.0. The van der Waals surface area contributed by atoms with Crippen molar-refractivity contribution in [3.8, 4) is 0 Å². The Morgan fingerprint density at radius 1 is 1.14 bits per heavy atom. The second kappa shape index (κ2) is 8.96. The zero-order valence-corrected chi connectivity index (χ0v) is 15.8. The highest BCUT2D eigenvalue weighted by atomic mass is 32.1. The summed E-state index contributed by atoms with van der Waals surface area (Å²) >= 11 is 1.14. The Morgan fingerprint density at radius 2 is 1.93 bits per heavy atom. The lowest BCUT2D eigenvalue weighted by molar-refractivity contribution is -0.119. The monoisotopic (exact) mass is 399 g/mol. The number of benzene rings is 1. The molecule has 3 rings (SSSR count). The summed E-state index contributed by atoms with van der Waals surface area (Å²) in [7, 11) is 1.26. The molecule has 0 aliphatic rings. The second-order valence-corrected chi connectivity index (χ2v) is 6.60. The summed E-state index contributed by atoms with van der Waals surface area (Å²) in [5, 5.41) is 8.30. The Morgan fingerprint density at radius 3 is 2.61 bits per heavy atom.